The molecule has 32 heavy (non-hydrogen) atoms. The Balaban J connectivity index is 2.42. The van der Waals surface area contributed by atoms with Crippen LogP contribution in [0.15, 0.2) is 42.5 Å². The number of hydrogen-bond acceptors (Lipinski definition) is 4. The zero-order valence-corrected chi connectivity index (χ0v) is 20.9. The summed E-state index contributed by atoms with van der Waals surface area (Å²) in [6.45, 7) is 3.25. The van der Waals surface area contributed by atoms with Crippen LogP contribution >= 0.6 is 34.8 Å². The third-order valence-electron chi connectivity index (χ3n) is 4.66. The van der Waals surface area contributed by atoms with E-state index < -0.39 is 28.5 Å². The number of sulfonamides is 1. The van der Waals surface area contributed by atoms with Crippen LogP contribution in [0.3, 0.4) is 0 Å². The zero-order valence-electron chi connectivity index (χ0n) is 17.8. The van der Waals surface area contributed by atoms with Crippen molar-refractivity contribution in [1.82, 2.24) is 10.2 Å². The van der Waals surface area contributed by atoms with Crippen molar-refractivity contribution < 1.29 is 18.0 Å². The number of anilines is 1. The predicted molar refractivity (Wildman–Crippen MR) is 129 cm³/mol. The molecule has 7 nitrogen and oxygen atoms in total. The summed E-state index contributed by atoms with van der Waals surface area (Å²) in [5.74, 6) is -0.943. The minimum Gasteiger partial charge on any atom is -0.355 e. The van der Waals surface area contributed by atoms with Gasteiger partial charge in [0.2, 0.25) is 21.8 Å². The van der Waals surface area contributed by atoms with E-state index in [2.05, 4.69) is 5.32 Å². The van der Waals surface area contributed by atoms with Crippen LogP contribution in [0.25, 0.3) is 0 Å². The molecule has 2 aromatic carbocycles. The molecule has 11 heteroatoms. The van der Waals surface area contributed by atoms with Crippen molar-refractivity contribution in [2.75, 3.05) is 23.7 Å². The van der Waals surface area contributed by atoms with E-state index in [1.807, 2.05) is 0 Å². The van der Waals surface area contributed by atoms with Gasteiger partial charge >= 0.3 is 0 Å². The summed E-state index contributed by atoms with van der Waals surface area (Å²) in [4.78, 5) is 27.1. The van der Waals surface area contributed by atoms with Crippen LogP contribution < -0.4 is 9.62 Å². The highest BCUT2D eigenvalue weighted by atomic mass is 35.5. The van der Waals surface area contributed by atoms with Crippen molar-refractivity contribution in [2.45, 2.75) is 26.4 Å². The highest BCUT2D eigenvalue weighted by molar-refractivity contribution is 7.92. The van der Waals surface area contributed by atoms with Crippen molar-refractivity contribution in [1.29, 1.82) is 0 Å². The van der Waals surface area contributed by atoms with E-state index in [1.54, 1.807) is 38.1 Å². The average molecular weight is 521 g/mol. The second-order valence-corrected chi connectivity index (χ2v) is 10.2. The third-order valence-corrected chi connectivity index (χ3v) is 6.85. The van der Waals surface area contributed by atoms with E-state index in [0.717, 1.165) is 16.1 Å². The molecule has 1 unspecified atom stereocenters. The lowest BCUT2D eigenvalue weighted by atomic mass is 10.1. The van der Waals surface area contributed by atoms with Gasteiger partial charge in [0, 0.05) is 18.1 Å². The Morgan fingerprint density at radius 1 is 1.06 bits per heavy atom. The van der Waals surface area contributed by atoms with Gasteiger partial charge in [0.05, 0.1) is 22.0 Å². The van der Waals surface area contributed by atoms with Gasteiger partial charge < -0.3 is 10.2 Å². The predicted octanol–water partition coefficient (Wildman–Crippen LogP) is 3.97. The van der Waals surface area contributed by atoms with Crippen LogP contribution in [0.5, 0.6) is 0 Å². The summed E-state index contributed by atoms with van der Waals surface area (Å²) >= 11 is 18.2. The molecule has 174 valence electrons. The Labute approximate surface area is 203 Å². The highest BCUT2D eigenvalue weighted by Gasteiger charge is 2.30. The maximum absolute atomic E-state index is 13.3. The van der Waals surface area contributed by atoms with Gasteiger partial charge in [-0.1, -0.05) is 53.0 Å². The molecular formula is C21H24Cl3N3O4S. The molecule has 0 heterocycles. The zero-order chi connectivity index (χ0) is 24.1. The smallest absolute Gasteiger partial charge is 0.244 e. The fourth-order valence-electron chi connectivity index (χ4n) is 2.97. The molecule has 0 aliphatic carbocycles. The molecule has 2 amide bonds. The first-order chi connectivity index (χ1) is 15.0. The second kappa shape index (κ2) is 11.2. The lowest BCUT2D eigenvalue weighted by molar-refractivity contribution is -0.139. The first-order valence-corrected chi connectivity index (χ1v) is 12.7. The second-order valence-electron chi connectivity index (χ2n) is 7.06. The van der Waals surface area contributed by atoms with E-state index in [0.29, 0.717) is 11.6 Å². The van der Waals surface area contributed by atoms with Crippen molar-refractivity contribution in [3.05, 3.63) is 63.1 Å². The number of benzene rings is 2. The van der Waals surface area contributed by atoms with Crippen LogP contribution in [0.4, 0.5) is 5.69 Å². The number of likely N-dealkylation sites (N-methyl/N-ethyl adjacent to an activating group) is 1. The van der Waals surface area contributed by atoms with Crippen LogP contribution in [-0.2, 0) is 26.2 Å². The number of nitrogens with one attached hydrogen (secondary N) is 1. The number of hydrogen-bond donors (Lipinski definition) is 1. The number of carbonyl (C=O) groups excluding carboxylic acids is 2. The number of rotatable bonds is 9. The summed E-state index contributed by atoms with van der Waals surface area (Å²) in [6.07, 6.45) is 0.967. The first kappa shape index (κ1) is 26.3. The van der Waals surface area contributed by atoms with E-state index in [4.69, 9.17) is 34.8 Å². The minimum atomic E-state index is -3.90. The molecule has 2 rings (SSSR count). The van der Waals surface area contributed by atoms with Gasteiger partial charge in [-0.2, -0.15) is 0 Å². The van der Waals surface area contributed by atoms with E-state index >= 15 is 0 Å². The SMILES string of the molecule is CCNC(=O)C(C)N(Cc1ccc(Cl)cc1)C(=O)CN(c1cccc(Cl)c1Cl)S(C)(=O)=O. The van der Waals surface area contributed by atoms with Crippen LogP contribution in [0.1, 0.15) is 19.4 Å². The number of amides is 2. The largest absolute Gasteiger partial charge is 0.355 e. The lowest BCUT2D eigenvalue weighted by Crippen LogP contribution is -2.51. The van der Waals surface area contributed by atoms with Crippen LogP contribution in [-0.4, -0.2) is 50.5 Å². The molecule has 0 radical (unpaired) electrons. The summed E-state index contributed by atoms with van der Waals surface area (Å²) in [7, 11) is -3.90. The minimum absolute atomic E-state index is 0.00779. The van der Waals surface area contributed by atoms with Gasteiger partial charge in [-0.05, 0) is 43.7 Å². The third kappa shape index (κ3) is 6.75. The van der Waals surface area contributed by atoms with E-state index in [-0.39, 0.29) is 28.2 Å². The van der Waals surface area contributed by atoms with Gasteiger partial charge in [0.15, 0.2) is 0 Å². The quantitative estimate of drug-likeness (QED) is 0.542. The van der Waals surface area contributed by atoms with E-state index in [9.17, 15) is 18.0 Å². The van der Waals surface area contributed by atoms with Crippen molar-refractivity contribution in [3.63, 3.8) is 0 Å². The highest BCUT2D eigenvalue weighted by Crippen LogP contribution is 2.33. The van der Waals surface area contributed by atoms with Crippen LogP contribution in [0.2, 0.25) is 15.1 Å². The van der Waals surface area contributed by atoms with Crippen molar-refractivity contribution in [2.24, 2.45) is 0 Å². The van der Waals surface area contributed by atoms with Gasteiger partial charge in [0.25, 0.3) is 0 Å². The molecule has 0 bridgehead atoms. The molecule has 2 aromatic rings. The molecule has 0 fully saturated rings. The Hall–Kier alpha value is -2.00. The molecule has 1 atom stereocenters. The maximum atomic E-state index is 13.3. The van der Waals surface area contributed by atoms with Gasteiger partial charge in [-0.3, -0.25) is 13.9 Å². The van der Waals surface area contributed by atoms with Crippen LogP contribution in [0, 0.1) is 0 Å². The van der Waals surface area contributed by atoms with E-state index in [1.165, 1.54) is 23.1 Å². The molecule has 1 N–H and O–H groups in total. The number of carbonyl (C=O) groups is 2. The fraction of sp³-hybridized carbons (Fsp3) is 0.333. The summed E-state index contributed by atoms with van der Waals surface area (Å²) in [6, 6.07) is 10.5. The summed E-state index contributed by atoms with van der Waals surface area (Å²) in [5, 5.41) is 3.37. The Kier molecular flexibility index (Phi) is 9.21. The first-order valence-electron chi connectivity index (χ1n) is 9.69. The fourth-order valence-corrected chi connectivity index (χ4v) is 4.40. The Morgan fingerprint density at radius 2 is 1.69 bits per heavy atom. The van der Waals surface area contributed by atoms with Crippen molar-refractivity contribution >= 4 is 62.3 Å². The Bertz CT molecular complexity index is 1080. The maximum Gasteiger partial charge on any atom is 0.244 e. The standard InChI is InChI=1S/C21H24Cl3N3O4S/c1-4-25-21(29)14(2)26(12-15-8-10-16(22)11-9-15)19(28)13-27(32(3,30)31)18-7-5-6-17(23)20(18)24/h5-11,14H,4,12-13H2,1-3H3,(H,25,29). The molecular weight excluding hydrogens is 497 g/mol. The summed E-state index contributed by atoms with van der Waals surface area (Å²) < 4.78 is 25.9. The lowest BCUT2D eigenvalue weighted by Gasteiger charge is -2.31. The van der Waals surface area contributed by atoms with Gasteiger partial charge in [-0.25, -0.2) is 8.42 Å². The topological polar surface area (TPSA) is 86.8 Å². The molecule has 0 aromatic heterocycles. The average Bonchev–Trinajstić information content (AvgIpc) is 2.72. The Morgan fingerprint density at radius 3 is 2.25 bits per heavy atom. The monoisotopic (exact) mass is 519 g/mol. The number of nitrogens with zero attached hydrogens (tertiary/aromatic N) is 2. The summed E-state index contributed by atoms with van der Waals surface area (Å²) in [5.41, 5.74) is 0.803. The molecule has 0 aliphatic heterocycles. The van der Waals surface area contributed by atoms with Gasteiger partial charge in [-0.15, -0.1) is 0 Å². The molecule has 0 saturated carbocycles. The van der Waals surface area contributed by atoms with Gasteiger partial charge in [0.1, 0.15) is 12.6 Å². The number of halogens is 3. The van der Waals surface area contributed by atoms with Crippen molar-refractivity contribution in [3.8, 4) is 0 Å². The molecule has 0 aliphatic rings. The molecule has 0 spiro atoms. The molecule has 0 saturated heterocycles. The normalized spacial score (nSPS) is 12.2.